The molecule has 0 spiro atoms. The number of aryl methyl sites for hydroxylation is 1. The number of para-hydroxylation sites is 1. The van der Waals surface area contributed by atoms with Crippen LogP contribution >= 0.6 is 0 Å². The van der Waals surface area contributed by atoms with Crippen LogP contribution < -0.4 is 4.90 Å². The van der Waals surface area contributed by atoms with Crippen molar-refractivity contribution in [2.45, 2.75) is 45.4 Å². The minimum absolute atomic E-state index is 0.234. The number of nitrogens with zero attached hydrogens (tertiary/aromatic N) is 1. The zero-order chi connectivity index (χ0) is 37.9. The summed E-state index contributed by atoms with van der Waals surface area (Å²) in [6, 6.07) is 63.6. The molecular formula is C55H43N. The molecule has 0 saturated carbocycles. The highest BCUT2D eigenvalue weighted by molar-refractivity contribution is 6.26. The van der Waals surface area contributed by atoms with Gasteiger partial charge in [0.05, 0.1) is 11.4 Å². The first kappa shape index (κ1) is 32.9. The number of rotatable bonds is 3. The summed E-state index contributed by atoms with van der Waals surface area (Å²) in [5.74, 6) is 0. The summed E-state index contributed by atoms with van der Waals surface area (Å²) >= 11 is 0. The third-order valence-electron chi connectivity index (χ3n) is 13.2. The molecule has 268 valence electrons. The standard InChI is InChI=1S/C55H43N/c1-34-37-22-11-16-28-43(37)53(56(36-20-7-6-8-21-36)52-29-17-19-35-18-9-10-23-38(35)52)47-33-51-48(30-44(34)47)54(2,3)49-31-45-41-26-14-12-24-39(41)40-25-13-15-27-42(40)46(45)32-50(49)55(51,4)5/h6-33H,1-5H3. The van der Waals surface area contributed by atoms with E-state index in [1.807, 2.05) is 0 Å². The van der Waals surface area contributed by atoms with Gasteiger partial charge in [-0.3, -0.25) is 0 Å². The lowest BCUT2D eigenvalue weighted by atomic mass is 9.59. The quantitative estimate of drug-likeness (QED) is 0.130. The van der Waals surface area contributed by atoms with Crippen LogP contribution in [0.1, 0.15) is 55.5 Å². The lowest BCUT2D eigenvalue weighted by Crippen LogP contribution is -2.36. The zero-order valence-electron chi connectivity index (χ0n) is 32.6. The van der Waals surface area contributed by atoms with Crippen molar-refractivity contribution in [2.75, 3.05) is 4.90 Å². The molecular weight excluding hydrogens is 675 g/mol. The molecule has 0 heterocycles. The minimum atomic E-state index is -0.261. The molecule has 10 aromatic carbocycles. The van der Waals surface area contributed by atoms with Crippen molar-refractivity contribution >= 4 is 81.7 Å². The molecule has 0 bridgehead atoms. The SMILES string of the molecule is Cc1c2ccccc2c(N(c2ccccc2)c2cccc3ccccc23)c2cc3c(cc12)C(C)(C)c1cc2c4ccccc4c4ccccc4c2cc1C3(C)C. The maximum Gasteiger partial charge on any atom is 0.0618 e. The first-order valence-electron chi connectivity index (χ1n) is 19.9. The molecule has 0 aromatic heterocycles. The van der Waals surface area contributed by atoms with Gasteiger partial charge in [0.25, 0.3) is 0 Å². The molecule has 0 radical (unpaired) electrons. The third-order valence-corrected chi connectivity index (χ3v) is 13.2. The second-order valence-electron chi connectivity index (χ2n) is 16.9. The van der Waals surface area contributed by atoms with Crippen LogP contribution in [0.3, 0.4) is 0 Å². The van der Waals surface area contributed by atoms with Crippen molar-refractivity contribution in [3.05, 3.63) is 198 Å². The Hall–Kier alpha value is -6.44. The first-order valence-corrected chi connectivity index (χ1v) is 19.9. The van der Waals surface area contributed by atoms with Crippen LogP contribution in [0.4, 0.5) is 17.1 Å². The molecule has 0 saturated heterocycles. The van der Waals surface area contributed by atoms with Gasteiger partial charge in [-0.25, -0.2) is 0 Å². The fraction of sp³-hybridized carbons (Fsp3) is 0.127. The van der Waals surface area contributed by atoms with Gasteiger partial charge < -0.3 is 4.90 Å². The zero-order valence-corrected chi connectivity index (χ0v) is 32.6. The number of hydrogen-bond acceptors (Lipinski definition) is 1. The molecule has 0 aliphatic heterocycles. The molecule has 0 atom stereocenters. The Balaban J connectivity index is 1.26. The fourth-order valence-electron chi connectivity index (χ4n) is 10.3. The number of hydrogen-bond donors (Lipinski definition) is 0. The van der Waals surface area contributed by atoms with Crippen molar-refractivity contribution in [2.24, 2.45) is 0 Å². The summed E-state index contributed by atoms with van der Waals surface area (Å²) in [4.78, 5) is 2.53. The van der Waals surface area contributed by atoms with Crippen molar-refractivity contribution in [1.82, 2.24) is 0 Å². The van der Waals surface area contributed by atoms with Crippen LogP contribution in [0.25, 0.3) is 64.6 Å². The summed E-state index contributed by atoms with van der Waals surface area (Å²) in [7, 11) is 0. The van der Waals surface area contributed by atoms with Gasteiger partial charge >= 0.3 is 0 Å². The van der Waals surface area contributed by atoms with Crippen molar-refractivity contribution in [3.8, 4) is 0 Å². The minimum Gasteiger partial charge on any atom is -0.309 e. The van der Waals surface area contributed by atoms with Gasteiger partial charge in [0.15, 0.2) is 0 Å². The van der Waals surface area contributed by atoms with Crippen molar-refractivity contribution in [3.63, 3.8) is 0 Å². The van der Waals surface area contributed by atoms with E-state index >= 15 is 0 Å². The molecule has 1 aliphatic carbocycles. The first-order chi connectivity index (χ1) is 27.2. The largest absolute Gasteiger partial charge is 0.309 e. The molecule has 1 heteroatoms. The number of benzene rings is 10. The van der Waals surface area contributed by atoms with E-state index in [0.29, 0.717) is 0 Å². The molecule has 0 amide bonds. The van der Waals surface area contributed by atoms with Crippen LogP contribution in [0.2, 0.25) is 0 Å². The van der Waals surface area contributed by atoms with Gasteiger partial charge in [0.2, 0.25) is 0 Å². The Labute approximate surface area is 328 Å². The highest BCUT2D eigenvalue weighted by atomic mass is 15.1. The average Bonchev–Trinajstić information content (AvgIpc) is 3.24. The summed E-state index contributed by atoms with van der Waals surface area (Å²) in [6.07, 6.45) is 0. The lowest BCUT2D eigenvalue weighted by molar-refractivity contribution is 0.523. The molecule has 10 aromatic rings. The number of fused-ring (bicyclic) bond motifs is 11. The molecule has 0 unspecified atom stereocenters. The van der Waals surface area contributed by atoms with Gasteiger partial charge in [-0.1, -0.05) is 155 Å². The monoisotopic (exact) mass is 717 g/mol. The summed E-state index contributed by atoms with van der Waals surface area (Å²) in [5, 5.41) is 15.5. The van der Waals surface area contributed by atoms with E-state index in [2.05, 4.69) is 209 Å². The van der Waals surface area contributed by atoms with Crippen LogP contribution in [0, 0.1) is 6.92 Å². The van der Waals surface area contributed by atoms with Gasteiger partial charge in [-0.15, -0.1) is 0 Å². The predicted octanol–water partition coefficient (Wildman–Crippen LogP) is 15.3. The number of anilines is 3. The van der Waals surface area contributed by atoms with Crippen LogP contribution in [-0.4, -0.2) is 0 Å². The smallest absolute Gasteiger partial charge is 0.0618 e. The topological polar surface area (TPSA) is 3.24 Å². The molecule has 0 N–H and O–H groups in total. The summed E-state index contributed by atoms with van der Waals surface area (Å²) in [5.41, 5.74) is 10.0. The van der Waals surface area contributed by atoms with Gasteiger partial charge in [-0.05, 0) is 126 Å². The Morgan fingerprint density at radius 2 is 0.750 bits per heavy atom. The van der Waals surface area contributed by atoms with Crippen molar-refractivity contribution < 1.29 is 0 Å². The van der Waals surface area contributed by atoms with E-state index in [9.17, 15) is 0 Å². The predicted molar refractivity (Wildman–Crippen MR) is 242 cm³/mol. The highest BCUT2D eigenvalue weighted by Gasteiger charge is 2.43. The fourth-order valence-corrected chi connectivity index (χ4v) is 10.3. The van der Waals surface area contributed by atoms with Gasteiger partial charge in [-0.2, -0.15) is 0 Å². The van der Waals surface area contributed by atoms with Crippen LogP contribution in [-0.2, 0) is 10.8 Å². The molecule has 1 nitrogen and oxygen atoms in total. The molecule has 56 heavy (non-hydrogen) atoms. The third kappa shape index (κ3) is 4.49. The molecule has 0 fully saturated rings. The van der Waals surface area contributed by atoms with Crippen LogP contribution in [0.15, 0.2) is 170 Å². The second-order valence-corrected chi connectivity index (χ2v) is 16.9. The normalized spacial score (nSPS) is 14.4. The summed E-state index contributed by atoms with van der Waals surface area (Å²) in [6.45, 7) is 12.1. The summed E-state index contributed by atoms with van der Waals surface area (Å²) < 4.78 is 0. The average molecular weight is 718 g/mol. The van der Waals surface area contributed by atoms with E-state index in [1.54, 1.807) is 0 Å². The maximum absolute atomic E-state index is 2.58. The van der Waals surface area contributed by atoms with Crippen LogP contribution in [0.5, 0.6) is 0 Å². The van der Waals surface area contributed by atoms with Gasteiger partial charge in [0.1, 0.15) is 0 Å². The Bertz CT molecular complexity index is 3250. The molecule has 1 aliphatic rings. The second kappa shape index (κ2) is 11.8. The Morgan fingerprint density at radius 1 is 0.339 bits per heavy atom. The Morgan fingerprint density at radius 3 is 1.32 bits per heavy atom. The Kier molecular flexibility index (Phi) is 6.93. The highest BCUT2D eigenvalue weighted by Crippen LogP contribution is 2.55. The van der Waals surface area contributed by atoms with E-state index in [4.69, 9.17) is 0 Å². The molecule has 11 rings (SSSR count). The maximum atomic E-state index is 2.58. The van der Waals surface area contributed by atoms with E-state index < -0.39 is 0 Å². The van der Waals surface area contributed by atoms with E-state index in [0.717, 1.165) is 5.69 Å². The van der Waals surface area contributed by atoms with E-state index in [1.165, 1.54) is 104 Å². The van der Waals surface area contributed by atoms with Crippen molar-refractivity contribution in [1.29, 1.82) is 0 Å². The lowest BCUT2D eigenvalue weighted by Gasteiger charge is -2.45. The van der Waals surface area contributed by atoms with Gasteiger partial charge in [0, 0.05) is 32.7 Å². The van der Waals surface area contributed by atoms with E-state index in [-0.39, 0.29) is 10.8 Å².